The van der Waals surface area contributed by atoms with Crippen molar-refractivity contribution in [2.75, 3.05) is 0 Å². The Morgan fingerprint density at radius 3 is 2.92 bits per heavy atom. The molecule has 1 N–H and O–H groups in total. The van der Waals surface area contributed by atoms with Crippen molar-refractivity contribution in [1.29, 1.82) is 0 Å². The highest BCUT2D eigenvalue weighted by molar-refractivity contribution is 5.73. The zero-order chi connectivity index (χ0) is 9.47. The van der Waals surface area contributed by atoms with Crippen molar-refractivity contribution in [3.63, 3.8) is 0 Å². The van der Waals surface area contributed by atoms with Crippen LogP contribution in [-0.2, 0) is 11.8 Å². The molecule has 1 aromatic rings. The first kappa shape index (κ1) is 8.54. The maximum absolute atomic E-state index is 10.6. The Hall–Kier alpha value is -1.05. The fraction of sp³-hybridized carbons (Fsp3) is 0.545. The largest absolute Gasteiger partial charge is 0.356 e. The molecule has 0 bridgehead atoms. The monoisotopic (exact) mass is 177 g/mol. The molecule has 0 unspecified atom stereocenters. The van der Waals surface area contributed by atoms with E-state index in [1.165, 1.54) is 24.1 Å². The zero-order valence-electron chi connectivity index (χ0n) is 8.18. The number of carbonyl (C=O) groups is 1. The van der Waals surface area contributed by atoms with E-state index < -0.39 is 0 Å². The van der Waals surface area contributed by atoms with Gasteiger partial charge < -0.3 is 4.98 Å². The van der Waals surface area contributed by atoms with Crippen LogP contribution in [-0.4, -0.2) is 11.3 Å². The van der Waals surface area contributed by atoms with Gasteiger partial charge in [0.2, 0.25) is 0 Å². The van der Waals surface area contributed by atoms with Gasteiger partial charge in [-0.05, 0) is 36.3 Å². The first-order valence-corrected chi connectivity index (χ1v) is 4.81. The summed E-state index contributed by atoms with van der Waals surface area (Å²) >= 11 is 0. The molecule has 13 heavy (non-hydrogen) atoms. The fourth-order valence-electron chi connectivity index (χ4n) is 2.23. The summed E-state index contributed by atoms with van der Waals surface area (Å²) in [5, 5.41) is 0. The number of H-pyrrole nitrogens is 1. The summed E-state index contributed by atoms with van der Waals surface area (Å²) in [6.45, 7) is 4.49. The number of carbonyl (C=O) groups excluding carboxylic acids is 1. The number of aryl methyl sites for hydroxylation is 1. The van der Waals surface area contributed by atoms with Crippen LogP contribution < -0.4 is 0 Å². The summed E-state index contributed by atoms with van der Waals surface area (Å²) < 4.78 is 0. The van der Waals surface area contributed by atoms with Crippen LogP contribution in [0.1, 0.15) is 48.4 Å². The fourth-order valence-corrected chi connectivity index (χ4v) is 2.23. The van der Waals surface area contributed by atoms with Crippen molar-refractivity contribution >= 4 is 6.29 Å². The molecule has 1 aliphatic carbocycles. The van der Waals surface area contributed by atoms with E-state index in [9.17, 15) is 4.79 Å². The van der Waals surface area contributed by atoms with Crippen LogP contribution in [0.2, 0.25) is 0 Å². The van der Waals surface area contributed by atoms with E-state index in [0.29, 0.717) is 0 Å². The molecule has 0 atom stereocenters. The number of hydrogen-bond donors (Lipinski definition) is 1. The molecule has 1 aliphatic rings. The van der Waals surface area contributed by atoms with Crippen molar-refractivity contribution in [1.82, 2.24) is 4.98 Å². The summed E-state index contributed by atoms with van der Waals surface area (Å²) in [6.07, 6.45) is 4.43. The quantitative estimate of drug-likeness (QED) is 0.656. The molecule has 2 rings (SSSR count). The van der Waals surface area contributed by atoms with E-state index in [-0.39, 0.29) is 5.41 Å². The second-order valence-corrected chi connectivity index (χ2v) is 4.47. The summed E-state index contributed by atoms with van der Waals surface area (Å²) in [4.78, 5) is 13.8. The van der Waals surface area contributed by atoms with Crippen molar-refractivity contribution in [3.8, 4) is 0 Å². The van der Waals surface area contributed by atoms with Gasteiger partial charge in [-0.1, -0.05) is 13.8 Å². The summed E-state index contributed by atoms with van der Waals surface area (Å²) in [6, 6.07) is 2.00. The lowest BCUT2D eigenvalue weighted by molar-refractivity contribution is 0.111. The smallest absolute Gasteiger partial charge is 0.166 e. The Labute approximate surface area is 78.4 Å². The normalized spacial score (nSPS) is 19.5. The van der Waals surface area contributed by atoms with Crippen LogP contribution in [0.25, 0.3) is 0 Å². The van der Waals surface area contributed by atoms with Gasteiger partial charge in [-0.15, -0.1) is 0 Å². The second-order valence-electron chi connectivity index (χ2n) is 4.47. The molecule has 0 spiro atoms. The molecule has 2 nitrogen and oxygen atoms in total. The van der Waals surface area contributed by atoms with Gasteiger partial charge in [-0.2, -0.15) is 0 Å². The molecule has 0 fully saturated rings. The minimum atomic E-state index is 0.241. The molecule has 1 heterocycles. The average molecular weight is 177 g/mol. The number of fused-ring (bicyclic) bond motifs is 1. The lowest BCUT2D eigenvalue weighted by Gasteiger charge is -2.29. The number of aldehydes is 1. The average Bonchev–Trinajstić information content (AvgIpc) is 2.48. The van der Waals surface area contributed by atoms with Gasteiger partial charge in [0.15, 0.2) is 6.29 Å². The molecule has 2 heteroatoms. The van der Waals surface area contributed by atoms with Crippen LogP contribution in [0.4, 0.5) is 0 Å². The highest BCUT2D eigenvalue weighted by Crippen LogP contribution is 2.36. The Balaban J connectivity index is 2.50. The maximum Gasteiger partial charge on any atom is 0.166 e. The number of rotatable bonds is 1. The summed E-state index contributed by atoms with van der Waals surface area (Å²) in [5.74, 6) is 0. The molecule has 0 aromatic carbocycles. The minimum Gasteiger partial charge on any atom is -0.356 e. The Kier molecular flexibility index (Phi) is 1.79. The highest BCUT2D eigenvalue weighted by atomic mass is 16.1. The third kappa shape index (κ3) is 1.30. The van der Waals surface area contributed by atoms with Crippen LogP contribution in [0.5, 0.6) is 0 Å². The second kappa shape index (κ2) is 2.72. The lowest BCUT2D eigenvalue weighted by Crippen LogP contribution is -2.22. The van der Waals surface area contributed by atoms with Crippen LogP contribution in [0.15, 0.2) is 6.07 Å². The SMILES string of the molecule is CC1(C)CCCc2[nH]c(C=O)cc21. The topological polar surface area (TPSA) is 32.9 Å². The van der Waals surface area contributed by atoms with Crippen molar-refractivity contribution in [2.24, 2.45) is 0 Å². The molecule has 1 aromatic heterocycles. The molecule has 70 valence electrons. The zero-order valence-corrected chi connectivity index (χ0v) is 8.18. The molecular weight excluding hydrogens is 162 g/mol. The third-order valence-corrected chi connectivity index (χ3v) is 3.00. The molecule has 0 saturated carbocycles. The molecular formula is C11H15NO. The van der Waals surface area contributed by atoms with Gasteiger partial charge in [-0.3, -0.25) is 4.79 Å². The van der Waals surface area contributed by atoms with E-state index in [1.807, 2.05) is 6.07 Å². The van der Waals surface area contributed by atoms with E-state index in [1.54, 1.807) is 0 Å². The van der Waals surface area contributed by atoms with Gasteiger partial charge in [0, 0.05) is 5.69 Å². The number of nitrogens with one attached hydrogen (secondary N) is 1. The van der Waals surface area contributed by atoms with Gasteiger partial charge in [0.25, 0.3) is 0 Å². The third-order valence-electron chi connectivity index (χ3n) is 3.00. The van der Waals surface area contributed by atoms with Gasteiger partial charge in [-0.25, -0.2) is 0 Å². The van der Waals surface area contributed by atoms with Crippen LogP contribution >= 0.6 is 0 Å². The highest BCUT2D eigenvalue weighted by Gasteiger charge is 2.28. The standard InChI is InChI=1S/C11H15NO/c1-11(2)5-3-4-10-9(11)6-8(7-13)12-10/h6-7,12H,3-5H2,1-2H3. The summed E-state index contributed by atoms with van der Waals surface area (Å²) in [5.41, 5.74) is 3.56. The first-order chi connectivity index (χ1) is 6.13. The number of aromatic nitrogens is 1. The predicted molar refractivity (Wildman–Crippen MR) is 52.1 cm³/mol. The first-order valence-electron chi connectivity index (χ1n) is 4.81. The van der Waals surface area contributed by atoms with Crippen molar-refractivity contribution in [3.05, 3.63) is 23.0 Å². The van der Waals surface area contributed by atoms with Crippen LogP contribution in [0, 0.1) is 0 Å². The van der Waals surface area contributed by atoms with Crippen molar-refractivity contribution < 1.29 is 4.79 Å². The van der Waals surface area contributed by atoms with Crippen molar-refractivity contribution in [2.45, 2.75) is 38.5 Å². The summed E-state index contributed by atoms with van der Waals surface area (Å²) in [7, 11) is 0. The van der Waals surface area contributed by atoms with E-state index in [4.69, 9.17) is 0 Å². The number of aromatic amines is 1. The Bertz CT molecular complexity index is 336. The van der Waals surface area contributed by atoms with Gasteiger partial charge in [0.05, 0.1) is 5.69 Å². The molecule has 0 amide bonds. The molecule has 0 saturated heterocycles. The van der Waals surface area contributed by atoms with Gasteiger partial charge in [0.1, 0.15) is 0 Å². The maximum atomic E-state index is 10.6. The predicted octanol–water partition coefficient (Wildman–Crippen LogP) is 2.44. The number of hydrogen-bond acceptors (Lipinski definition) is 1. The Morgan fingerprint density at radius 1 is 1.54 bits per heavy atom. The molecule has 0 radical (unpaired) electrons. The molecule has 0 aliphatic heterocycles. The van der Waals surface area contributed by atoms with E-state index >= 15 is 0 Å². The lowest BCUT2D eigenvalue weighted by atomic mass is 9.75. The van der Waals surface area contributed by atoms with E-state index in [2.05, 4.69) is 18.8 Å². The Morgan fingerprint density at radius 2 is 2.31 bits per heavy atom. The minimum absolute atomic E-state index is 0.241. The van der Waals surface area contributed by atoms with E-state index in [0.717, 1.165) is 18.4 Å². The van der Waals surface area contributed by atoms with Gasteiger partial charge >= 0.3 is 0 Å². The van der Waals surface area contributed by atoms with Crippen LogP contribution in [0.3, 0.4) is 0 Å².